The highest BCUT2D eigenvalue weighted by Crippen LogP contribution is 2.33. The fourth-order valence-corrected chi connectivity index (χ4v) is 3.44. The zero-order valence-corrected chi connectivity index (χ0v) is 14.8. The Labute approximate surface area is 141 Å². The summed E-state index contributed by atoms with van der Waals surface area (Å²) in [5.74, 6) is 0. The van der Waals surface area contributed by atoms with E-state index >= 15 is 0 Å². The van der Waals surface area contributed by atoms with E-state index in [1.54, 1.807) is 0 Å². The van der Waals surface area contributed by atoms with Gasteiger partial charge in [0.2, 0.25) is 0 Å². The molecule has 0 heterocycles. The number of fused-ring (bicyclic) bond motifs is 1. The van der Waals surface area contributed by atoms with E-state index in [1.165, 1.54) is 21.9 Å². The van der Waals surface area contributed by atoms with Crippen molar-refractivity contribution in [2.24, 2.45) is 0 Å². The molecule has 0 amide bonds. The van der Waals surface area contributed by atoms with Crippen molar-refractivity contribution in [2.45, 2.75) is 6.04 Å². The third kappa shape index (κ3) is 2.91. The highest BCUT2D eigenvalue weighted by atomic mass is 79.9. The number of hydrogen-bond donors (Lipinski definition) is 1. The summed E-state index contributed by atoms with van der Waals surface area (Å²) in [6.07, 6.45) is 0. The maximum absolute atomic E-state index is 3.64. The van der Waals surface area contributed by atoms with Crippen LogP contribution in [0.3, 0.4) is 0 Å². The zero-order chi connectivity index (χ0) is 14.8. The molecule has 1 atom stereocenters. The Hall–Kier alpha value is -1.16. The van der Waals surface area contributed by atoms with Crippen LogP contribution in [0, 0.1) is 0 Å². The van der Waals surface area contributed by atoms with Gasteiger partial charge in [0.25, 0.3) is 0 Å². The van der Waals surface area contributed by atoms with Crippen LogP contribution in [0.5, 0.6) is 0 Å². The number of benzene rings is 3. The largest absolute Gasteiger partial charge is 0.309 e. The monoisotopic (exact) mass is 403 g/mol. The molecule has 0 saturated carbocycles. The summed E-state index contributed by atoms with van der Waals surface area (Å²) in [5.41, 5.74) is 2.55. The van der Waals surface area contributed by atoms with Crippen LogP contribution in [0.4, 0.5) is 0 Å². The molecule has 0 aromatic heterocycles. The van der Waals surface area contributed by atoms with E-state index in [2.05, 4.69) is 97.8 Å². The molecule has 3 rings (SSSR count). The lowest BCUT2D eigenvalue weighted by Crippen LogP contribution is -2.17. The van der Waals surface area contributed by atoms with Gasteiger partial charge in [-0.25, -0.2) is 0 Å². The smallest absolute Gasteiger partial charge is 0.0580 e. The van der Waals surface area contributed by atoms with Crippen LogP contribution in [0.2, 0.25) is 0 Å². The van der Waals surface area contributed by atoms with E-state index in [4.69, 9.17) is 0 Å². The summed E-state index contributed by atoms with van der Waals surface area (Å²) < 4.78 is 2.23. The summed E-state index contributed by atoms with van der Waals surface area (Å²) in [4.78, 5) is 0. The van der Waals surface area contributed by atoms with E-state index in [9.17, 15) is 0 Å². The van der Waals surface area contributed by atoms with Gasteiger partial charge in [-0.05, 0) is 47.1 Å². The number of rotatable bonds is 3. The molecular formula is C18H15Br2N. The molecule has 3 aromatic rings. The lowest BCUT2D eigenvalue weighted by atomic mass is 9.94. The van der Waals surface area contributed by atoms with Crippen molar-refractivity contribution in [3.63, 3.8) is 0 Å². The molecule has 0 aliphatic rings. The van der Waals surface area contributed by atoms with Crippen LogP contribution >= 0.6 is 31.9 Å². The molecule has 0 aliphatic heterocycles. The first kappa shape index (κ1) is 14.8. The van der Waals surface area contributed by atoms with Gasteiger partial charge in [0.15, 0.2) is 0 Å². The van der Waals surface area contributed by atoms with Crippen molar-refractivity contribution in [3.8, 4) is 0 Å². The van der Waals surface area contributed by atoms with Crippen molar-refractivity contribution in [2.75, 3.05) is 7.05 Å². The zero-order valence-electron chi connectivity index (χ0n) is 11.6. The van der Waals surface area contributed by atoms with Gasteiger partial charge in [-0.1, -0.05) is 74.3 Å². The molecule has 0 spiro atoms. The Morgan fingerprint density at radius 3 is 2.14 bits per heavy atom. The summed E-state index contributed by atoms with van der Waals surface area (Å²) in [7, 11) is 2.00. The first-order valence-corrected chi connectivity index (χ1v) is 8.39. The molecule has 106 valence electrons. The maximum Gasteiger partial charge on any atom is 0.0580 e. The number of hydrogen-bond acceptors (Lipinski definition) is 1. The van der Waals surface area contributed by atoms with Crippen molar-refractivity contribution >= 4 is 42.6 Å². The van der Waals surface area contributed by atoms with Crippen molar-refractivity contribution in [1.29, 1.82) is 0 Å². The van der Waals surface area contributed by atoms with Crippen LogP contribution in [0.15, 0.2) is 69.6 Å². The van der Waals surface area contributed by atoms with Gasteiger partial charge in [-0.15, -0.1) is 0 Å². The Kier molecular flexibility index (Phi) is 4.43. The Balaban J connectivity index is 2.17. The van der Waals surface area contributed by atoms with Gasteiger partial charge in [-0.3, -0.25) is 0 Å². The molecule has 0 bridgehead atoms. The molecular weight excluding hydrogens is 390 g/mol. The van der Waals surface area contributed by atoms with Gasteiger partial charge in [0.05, 0.1) is 6.04 Å². The molecule has 21 heavy (non-hydrogen) atoms. The van der Waals surface area contributed by atoms with Crippen LogP contribution in [-0.2, 0) is 0 Å². The van der Waals surface area contributed by atoms with Gasteiger partial charge < -0.3 is 5.32 Å². The fraction of sp³-hybridized carbons (Fsp3) is 0.111. The molecule has 3 aromatic carbocycles. The van der Waals surface area contributed by atoms with Crippen LogP contribution in [-0.4, -0.2) is 7.05 Å². The molecule has 0 saturated heterocycles. The van der Waals surface area contributed by atoms with Gasteiger partial charge in [0, 0.05) is 8.95 Å². The molecule has 1 unspecified atom stereocenters. The van der Waals surface area contributed by atoms with E-state index < -0.39 is 0 Å². The van der Waals surface area contributed by atoms with Gasteiger partial charge in [-0.2, -0.15) is 0 Å². The lowest BCUT2D eigenvalue weighted by molar-refractivity contribution is 0.697. The third-order valence-electron chi connectivity index (χ3n) is 3.71. The highest BCUT2D eigenvalue weighted by Gasteiger charge is 2.15. The molecule has 0 radical (unpaired) electrons. The van der Waals surface area contributed by atoms with Crippen molar-refractivity contribution < 1.29 is 0 Å². The Morgan fingerprint density at radius 1 is 0.810 bits per heavy atom. The normalized spacial score (nSPS) is 12.5. The number of nitrogens with one attached hydrogen (secondary N) is 1. The Bertz CT molecular complexity index is 766. The molecule has 0 aliphatic carbocycles. The van der Waals surface area contributed by atoms with Crippen molar-refractivity contribution in [1.82, 2.24) is 5.32 Å². The summed E-state index contributed by atoms with van der Waals surface area (Å²) in [6, 6.07) is 21.5. The van der Waals surface area contributed by atoms with E-state index in [0.29, 0.717) is 0 Å². The minimum atomic E-state index is 0.177. The second-order valence-electron chi connectivity index (χ2n) is 4.96. The summed E-state index contributed by atoms with van der Waals surface area (Å²) in [5, 5.41) is 5.95. The fourth-order valence-electron chi connectivity index (χ4n) is 2.69. The summed E-state index contributed by atoms with van der Waals surface area (Å²) in [6.45, 7) is 0. The first-order valence-electron chi connectivity index (χ1n) is 6.80. The average Bonchev–Trinajstić information content (AvgIpc) is 2.52. The standard InChI is InChI=1S/C18H15Br2N/c1-21-18(12-6-8-13(19)9-7-12)16-10-11-17(20)15-5-3-2-4-14(15)16/h2-11,18,21H,1H3. The predicted molar refractivity (Wildman–Crippen MR) is 96.7 cm³/mol. The SMILES string of the molecule is CNC(c1ccc(Br)cc1)c1ccc(Br)c2ccccc12. The lowest BCUT2D eigenvalue weighted by Gasteiger charge is -2.20. The quantitative estimate of drug-likeness (QED) is 0.592. The average molecular weight is 405 g/mol. The second-order valence-corrected chi connectivity index (χ2v) is 6.73. The van der Waals surface area contributed by atoms with Crippen LogP contribution < -0.4 is 5.32 Å². The maximum atomic E-state index is 3.64. The van der Waals surface area contributed by atoms with E-state index in [-0.39, 0.29) is 6.04 Å². The summed E-state index contributed by atoms with van der Waals surface area (Å²) >= 11 is 7.14. The van der Waals surface area contributed by atoms with Crippen molar-refractivity contribution in [3.05, 3.63) is 80.7 Å². The van der Waals surface area contributed by atoms with Gasteiger partial charge >= 0.3 is 0 Å². The van der Waals surface area contributed by atoms with Crippen LogP contribution in [0.1, 0.15) is 17.2 Å². The first-order chi connectivity index (χ1) is 10.2. The van der Waals surface area contributed by atoms with Crippen LogP contribution in [0.25, 0.3) is 10.8 Å². The minimum absolute atomic E-state index is 0.177. The third-order valence-corrected chi connectivity index (χ3v) is 4.93. The van der Waals surface area contributed by atoms with E-state index in [1.807, 2.05) is 7.05 Å². The van der Waals surface area contributed by atoms with Gasteiger partial charge in [0.1, 0.15) is 0 Å². The molecule has 0 fully saturated rings. The Morgan fingerprint density at radius 2 is 1.48 bits per heavy atom. The predicted octanol–water partition coefficient (Wildman–Crippen LogP) is 5.67. The molecule has 1 N–H and O–H groups in total. The minimum Gasteiger partial charge on any atom is -0.309 e. The second kappa shape index (κ2) is 6.30. The topological polar surface area (TPSA) is 12.0 Å². The molecule has 3 heteroatoms. The van der Waals surface area contributed by atoms with E-state index in [0.717, 1.165) is 8.95 Å². The highest BCUT2D eigenvalue weighted by molar-refractivity contribution is 9.11. The molecule has 1 nitrogen and oxygen atoms in total. The number of halogens is 2.